The maximum absolute atomic E-state index is 6.18. The summed E-state index contributed by atoms with van der Waals surface area (Å²) in [5.74, 6) is 0. The van der Waals surface area contributed by atoms with Gasteiger partial charge in [0.1, 0.15) is 11.2 Å². The first-order valence-electron chi connectivity index (χ1n) is 17.6. The van der Waals surface area contributed by atoms with Gasteiger partial charge in [-0.05, 0) is 104 Å². The highest BCUT2D eigenvalue weighted by Gasteiger charge is 2.51. The Hall–Kier alpha value is -6.64. The molecule has 0 unspecified atom stereocenters. The van der Waals surface area contributed by atoms with Gasteiger partial charge in [0.25, 0.3) is 0 Å². The highest BCUT2D eigenvalue weighted by atomic mass is 16.3. The first kappa shape index (κ1) is 28.2. The molecule has 238 valence electrons. The van der Waals surface area contributed by atoms with E-state index < -0.39 is 0 Å². The first-order chi connectivity index (χ1) is 25.3. The topological polar surface area (TPSA) is 16.4 Å². The minimum atomic E-state index is -0.352. The molecule has 0 radical (unpaired) electrons. The normalized spacial score (nSPS) is 13.3. The summed E-state index contributed by atoms with van der Waals surface area (Å²) in [6.07, 6.45) is 0. The Labute approximate surface area is 296 Å². The van der Waals surface area contributed by atoms with Crippen LogP contribution in [0.4, 0.5) is 17.1 Å². The number of fused-ring (bicyclic) bond motifs is 13. The molecule has 2 heteroatoms. The molecule has 9 aromatic rings. The molecule has 0 atom stereocenters. The molecule has 0 saturated carbocycles. The molecular weight excluding hydrogens is 619 g/mol. The van der Waals surface area contributed by atoms with Gasteiger partial charge in [0, 0.05) is 27.8 Å². The van der Waals surface area contributed by atoms with E-state index in [1.165, 1.54) is 55.6 Å². The molecule has 1 heterocycles. The van der Waals surface area contributed by atoms with Crippen LogP contribution in [-0.2, 0) is 5.41 Å². The SMILES string of the molecule is c1ccc(N(c2ccc(-c3cccc4c3-c3ccccc3C43c4ccccc4-c4ccccc43)cc2)c2ccc3oc4ccccc4c3c2)cc1. The van der Waals surface area contributed by atoms with Gasteiger partial charge in [0.2, 0.25) is 0 Å². The Balaban J connectivity index is 1.08. The van der Waals surface area contributed by atoms with Crippen LogP contribution in [0.25, 0.3) is 55.3 Å². The Morgan fingerprint density at radius 3 is 1.63 bits per heavy atom. The Bertz CT molecular complexity index is 2760. The lowest BCUT2D eigenvalue weighted by Crippen LogP contribution is -2.25. The van der Waals surface area contributed by atoms with Crippen molar-refractivity contribution in [1.82, 2.24) is 0 Å². The van der Waals surface area contributed by atoms with Gasteiger partial charge >= 0.3 is 0 Å². The summed E-state index contributed by atoms with van der Waals surface area (Å²) in [4.78, 5) is 2.33. The van der Waals surface area contributed by atoms with Gasteiger partial charge < -0.3 is 9.32 Å². The number of hydrogen-bond donors (Lipinski definition) is 0. The Morgan fingerprint density at radius 1 is 0.353 bits per heavy atom. The molecular formula is C49H31NO. The molecule has 2 aliphatic carbocycles. The monoisotopic (exact) mass is 649 g/mol. The summed E-state index contributed by atoms with van der Waals surface area (Å²) in [6, 6.07) is 68.4. The van der Waals surface area contributed by atoms with Crippen molar-refractivity contribution in [2.45, 2.75) is 5.41 Å². The van der Waals surface area contributed by atoms with Crippen molar-refractivity contribution in [3.05, 3.63) is 210 Å². The smallest absolute Gasteiger partial charge is 0.135 e. The molecule has 0 fully saturated rings. The minimum Gasteiger partial charge on any atom is -0.456 e. The number of furan rings is 1. The Kier molecular flexibility index (Phi) is 5.91. The van der Waals surface area contributed by atoms with E-state index in [9.17, 15) is 0 Å². The van der Waals surface area contributed by atoms with E-state index in [1.807, 2.05) is 12.1 Å². The zero-order chi connectivity index (χ0) is 33.5. The summed E-state index contributed by atoms with van der Waals surface area (Å²) < 4.78 is 6.18. The maximum atomic E-state index is 6.18. The van der Waals surface area contributed by atoms with Crippen LogP contribution in [0.5, 0.6) is 0 Å². The minimum absolute atomic E-state index is 0.352. The molecule has 0 N–H and O–H groups in total. The van der Waals surface area contributed by atoms with E-state index in [2.05, 4.69) is 181 Å². The molecule has 0 aliphatic heterocycles. The largest absolute Gasteiger partial charge is 0.456 e. The van der Waals surface area contributed by atoms with E-state index in [1.54, 1.807) is 0 Å². The average Bonchev–Trinajstić information content (AvgIpc) is 3.83. The fourth-order valence-electron chi connectivity index (χ4n) is 9.05. The van der Waals surface area contributed by atoms with Crippen molar-refractivity contribution >= 4 is 39.0 Å². The van der Waals surface area contributed by atoms with Crippen molar-refractivity contribution in [2.24, 2.45) is 0 Å². The third-order valence-corrected chi connectivity index (χ3v) is 11.1. The summed E-state index contributed by atoms with van der Waals surface area (Å²) in [7, 11) is 0. The zero-order valence-corrected chi connectivity index (χ0v) is 27.8. The van der Waals surface area contributed by atoms with Crippen LogP contribution >= 0.6 is 0 Å². The number of rotatable bonds is 4. The van der Waals surface area contributed by atoms with Crippen LogP contribution in [0.2, 0.25) is 0 Å². The van der Waals surface area contributed by atoms with E-state index >= 15 is 0 Å². The lowest BCUT2D eigenvalue weighted by atomic mass is 9.70. The number of para-hydroxylation sites is 2. The summed E-state index contributed by atoms with van der Waals surface area (Å²) in [5.41, 5.74) is 17.9. The van der Waals surface area contributed by atoms with Gasteiger partial charge in [0.15, 0.2) is 0 Å². The fourth-order valence-corrected chi connectivity index (χ4v) is 9.05. The molecule has 2 aliphatic rings. The van der Waals surface area contributed by atoms with Gasteiger partial charge in [-0.2, -0.15) is 0 Å². The lowest BCUT2D eigenvalue weighted by molar-refractivity contribution is 0.669. The van der Waals surface area contributed by atoms with E-state index in [0.29, 0.717) is 0 Å². The number of benzene rings is 8. The number of anilines is 3. The summed E-state index contributed by atoms with van der Waals surface area (Å²) in [5, 5.41) is 2.24. The van der Waals surface area contributed by atoms with Crippen molar-refractivity contribution in [2.75, 3.05) is 4.90 Å². The molecule has 0 bridgehead atoms. The molecule has 1 spiro atoms. The van der Waals surface area contributed by atoms with Crippen LogP contribution in [0, 0.1) is 0 Å². The first-order valence-corrected chi connectivity index (χ1v) is 17.6. The molecule has 11 rings (SSSR count). The fraction of sp³-hybridized carbons (Fsp3) is 0.0204. The maximum Gasteiger partial charge on any atom is 0.135 e. The molecule has 51 heavy (non-hydrogen) atoms. The van der Waals surface area contributed by atoms with Crippen molar-refractivity contribution in [3.8, 4) is 33.4 Å². The van der Waals surface area contributed by atoms with Crippen molar-refractivity contribution in [3.63, 3.8) is 0 Å². The molecule has 8 aromatic carbocycles. The lowest BCUT2D eigenvalue weighted by Gasteiger charge is -2.30. The van der Waals surface area contributed by atoms with E-state index in [0.717, 1.165) is 39.0 Å². The zero-order valence-electron chi connectivity index (χ0n) is 27.8. The van der Waals surface area contributed by atoms with Gasteiger partial charge in [-0.1, -0.05) is 140 Å². The second-order valence-electron chi connectivity index (χ2n) is 13.6. The number of nitrogens with zero attached hydrogens (tertiary/aromatic N) is 1. The van der Waals surface area contributed by atoms with Crippen LogP contribution in [0.3, 0.4) is 0 Å². The molecule has 0 saturated heterocycles. The summed E-state index contributed by atoms with van der Waals surface area (Å²) >= 11 is 0. The van der Waals surface area contributed by atoms with E-state index in [-0.39, 0.29) is 5.41 Å². The van der Waals surface area contributed by atoms with Gasteiger partial charge in [-0.3, -0.25) is 0 Å². The third kappa shape index (κ3) is 3.87. The second-order valence-corrected chi connectivity index (χ2v) is 13.6. The van der Waals surface area contributed by atoms with Gasteiger partial charge in [-0.25, -0.2) is 0 Å². The molecule has 2 nitrogen and oxygen atoms in total. The standard InChI is InChI=1S/C49H31NO/c1-2-13-33(14-3-1)50(35-29-30-47-41(31-35)39-17-7-11-24-46(39)51-47)34-27-25-32(26-28-34)36-19-12-23-45-48(36)40-18-6-10-22-44(40)49(45)42-20-8-4-15-37(42)38-16-5-9-21-43(38)49/h1-31H. The van der Waals surface area contributed by atoms with Gasteiger partial charge in [0.05, 0.1) is 5.41 Å². The predicted molar refractivity (Wildman–Crippen MR) is 210 cm³/mol. The quantitative estimate of drug-likeness (QED) is 0.189. The summed E-state index contributed by atoms with van der Waals surface area (Å²) in [6.45, 7) is 0. The molecule has 0 amide bonds. The highest BCUT2D eigenvalue weighted by molar-refractivity contribution is 6.06. The third-order valence-electron chi connectivity index (χ3n) is 11.1. The van der Waals surface area contributed by atoms with Gasteiger partial charge in [-0.15, -0.1) is 0 Å². The van der Waals surface area contributed by atoms with Crippen LogP contribution in [0.1, 0.15) is 22.3 Å². The van der Waals surface area contributed by atoms with Crippen molar-refractivity contribution in [1.29, 1.82) is 0 Å². The van der Waals surface area contributed by atoms with Crippen LogP contribution in [-0.4, -0.2) is 0 Å². The Morgan fingerprint density at radius 2 is 0.882 bits per heavy atom. The van der Waals surface area contributed by atoms with Crippen molar-refractivity contribution < 1.29 is 4.42 Å². The molecule has 1 aromatic heterocycles. The highest BCUT2D eigenvalue weighted by Crippen LogP contribution is 2.63. The average molecular weight is 650 g/mol. The second kappa shape index (κ2) is 10.7. The van der Waals surface area contributed by atoms with E-state index in [4.69, 9.17) is 4.42 Å². The van der Waals surface area contributed by atoms with Crippen LogP contribution < -0.4 is 4.90 Å². The van der Waals surface area contributed by atoms with Crippen LogP contribution in [0.15, 0.2) is 192 Å². The predicted octanol–water partition coefficient (Wildman–Crippen LogP) is 13.1. The number of hydrogen-bond acceptors (Lipinski definition) is 2.